The summed E-state index contributed by atoms with van der Waals surface area (Å²) in [5, 5.41) is 0. The maximum absolute atomic E-state index is 14.6. The highest BCUT2D eigenvalue weighted by Crippen LogP contribution is 2.61. The first-order valence-corrected chi connectivity index (χ1v) is 14.5. The first kappa shape index (κ1) is 26.2. The number of carbonyl (C=O) groups is 4. The van der Waals surface area contributed by atoms with Crippen LogP contribution >= 0.6 is 15.9 Å². The molecule has 5 amide bonds. The van der Waals surface area contributed by atoms with Gasteiger partial charge in [-0.2, -0.15) is 0 Å². The summed E-state index contributed by atoms with van der Waals surface area (Å²) < 4.78 is 14.7. The number of urea groups is 1. The molecule has 3 heterocycles. The Morgan fingerprint density at radius 3 is 2.31 bits per heavy atom. The molecule has 9 heteroatoms. The van der Waals surface area contributed by atoms with Gasteiger partial charge >= 0.3 is 6.03 Å². The zero-order chi connectivity index (χ0) is 27.6. The van der Waals surface area contributed by atoms with Crippen LogP contribution in [0.15, 0.2) is 53.0 Å². The van der Waals surface area contributed by atoms with Gasteiger partial charge in [0.1, 0.15) is 11.4 Å². The Balaban J connectivity index is 1.56. The maximum atomic E-state index is 14.6. The SMILES string of the molecule is CC(C)C[C@@]12C(=O)N(c3cccc(Br)c3)C(=O)N1C(c1ccc(F)cc1)C1C(=O)N(C3CCCCC3)C(=O)C12. The Hall–Kier alpha value is -3.07. The van der Waals surface area contributed by atoms with E-state index in [0.29, 0.717) is 15.7 Å². The predicted molar refractivity (Wildman–Crippen MR) is 146 cm³/mol. The van der Waals surface area contributed by atoms with Crippen molar-refractivity contribution in [1.29, 1.82) is 0 Å². The van der Waals surface area contributed by atoms with Gasteiger partial charge < -0.3 is 4.90 Å². The molecule has 4 atom stereocenters. The van der Waals surface area contributed by atoms with E-state index < -0.39 is 41.2 Å². The number of likely N-dealkylation sites (tertiary alicyclic amines) is 1. The monoisotopic (exact) mass is 595 g/mol. The van der Waals surface area contributed by atoms with Crippen LogP contribution in [-0.2, 0) is 14.4 Å². The Kier molecular flexibility index (Phi) is 6.40. The van der Waals surface area contributed by atoms with Crippen LogP contribution in [0.3, 0.4) is 0 Å². The average molecular weight is 596 g/mol. The zero-order valence-corrected chi connectivity index (χ0v) is 23.6. The summed E-state index contributed by atoms with van der Waals surface area (Å²) in [7, 11) is 0. The molecule has 6 rings (SSSR count). The van der Waals surface area contributed by atoms with Crippen LogP contribution in [0.25, 0.3) is 0 Å². The highest BCUT2D eigenvalue weighted by Gasteiger charge is 2.77. The van der Waals surface area contributed by atoms with Crippen molar-refractivity contribution in [2.75, 3.05) is 4.90 Å². The molecule has 3 unspecified atom stereocenters. The Bertz CT molecular complexity index is 1360. The largest absolute Gasteiger partial charge is 0.332 e. The molecule has 0 spiro atoms. The molecule has 0 bridgehead atoms. The predicted octanol–water partition coefficient (Wildman–Crippen LogP) is 5.83. The van der Waals surface area contributed by atoms with E-state index in [4.69, 9.17) is 0 Å². The van der Waals surface area contributed by atoms with Gasteiger partial charge in [0, 0.05) is 10.5 Å². The van der Waals surface area contributed by atoms with Gasteiger partial charge in [-0.1, -0.05) is 67.2 Å². The van der Waals surface area contributed by atoms with Crippen LogP contribution in [0.2, 0.25) is 0 Å². The van der Waals surface area contributed by atoms with Crippen molar-refractivity contribution in [3.63, 3.8) is 0 Å². The minimum absolute atomic E-state index is 0.0500. The van der Waals surface area contributed by atoms with Crippen molar-refractivity contribution in [3.05, 3.63) is 64.4 Å². The van der Waals surface area contributed by atoms with Gasteiger partial charge in [0.25, 0.3) is 5.91 Å². The van der Waals surface area contributed by atoms with Gasteiger partial charge in [0.05, 0.1) is 23.6 Å². The number of amides is 5. The van der Waals surface area contributed by atoms with Crippen molar-refractivity contribution >= 4 is 45.4 Å². The first-order valence-electron chi connectivity index (χ1n) is 13.7. The van der Waals surface area contributed by atoms with E-state index in [1.807, 2.05) is 13.8 Å². The molecule has 1 saturated carbocycles. The summed E-state index contributed by atoms with van der Waals surface area (Å²) in [5.74, 6) is -3.56. The van der Waals surface area contributed by atoms with E-state index in [2.05, 4.69) is 15.9 Å². The summed E-state index contributed by atoms with van der Waals surface area (Å²) in [6.07, 6.45) is 4.67. The molecule has 0 aromatic heterocycles. The van der Waals surface area contributed by atoms with Crippen LogP contribution < -0.4 is 4.90 Å². The van der Waals surface area contributed by atoms with Crippen LogP contribution in [0.4, 0.5) is 14.9 Å². The van der Waals surface area contributed by atoms with E-state index in [-0.39, 0.29) is 30.2 Å². The number of hydrogen-bond donors (Lipinski definition) is 0. The van der Waals surface area contributed by atoms with E-state index in [9.17, 15) is 23.6 Å². The third-order valence-electron chi connectivity index (χ3n) is 8.86. The van der Waals surface area contributed by atoms with Crippen LogP contribution in [0.5, 0.6) is 0 Å². The van der Waals surface area contributed by atoms with E-state index in [0.717, 1.165) is 37.0 Å². The van der Waals surface area contributed by atoms with Gasteiger partial charge in [-0.15, -0.1) is 0 Å². The first-order chi connectivity index (χ1) is 18.7. The normalized spacial score (nSPS) is 29.2. The van der Waals surface area contributed by atoms with Gasteiger partial charge in [0.2, 0.25) is 11.8 Å². The van der Waals surface area contributed by atoms with Crippen LogP contribution in [0, 0.1) is 23.6 Å². The number of benzene rings is 2. The molecule has 4 aliphatic rings. The fourth-order valence-electron chi connectivity index (χ4n) is 7.50. The summed E-state index contributed by atoms with van der Waals surface area (Å²) in [5.41, 5.74) is -0.582. The second-order valence-electron chi connectivity index (χ2n) is 11.6. The standard InChI is InChI=1S/C30H31BrFN3O4/c1-17(2)16-30-24-23(26(36)33(27(24)37)21-8-4-3-5-9-21)25(18-11-13-20(32)14-12-18)35(30)29(39)34(28(30)38)22-10-6-7-19(31)15-22/h6-7,10-15,17,21,23-25H,3-5,8-9,16H2,1-2H3/t23?,24?,25?,30-/m1/s1. The lowest BCUT2D eigenvalue weighted by atomic mass is 9.74. The van der Waals surface area contributed by atoms with Gasteiger partial charge in [-0.25, -0.2) is 14.1 Å². The highest BCUT2D eigenvalue weighted by molar-refractivity contribution is 9.10. The average Bonchev–Trinajstić information content (AvgIpc) is 3.42. The lowest BCUT2D eigenvalue weighted by molar-refractivity contribution is -0.147. The van der Waals surface area contributed by atoms with Crippen molar-refractivity contribution in [2.24, 2.45) is 17.8 Å². The molecule has 2 aromatic carbocycles. The third kappa shape index (κ3) is 3.79. The number of hydrogen-bond acceptors (Lipinski definition) is 4. The third-order valence-corrected chi connectivity index (χ3v) is 9.35. The molecular formula is C30H31BrFN3O4. The van der Waals surface area contributed by atoms with Crippen molar-refractivity contribution < 1.29 is 23.6 Å². The quantitative estimate of drug-likeness (QED) is 0.322. The topological polar surface area (TPSA) is 78.0 Å². The number of anilines is 1. The Morgan fingerprint density at radius 2 is 1.67 bits per heavy atom. The minimum atomic E-state index is -1.52. The van der Waals surface area contributed by atoms with Gasteiger partial charge in [0.15, 0.2) is 0 Å². The van der Waals surface area contributed by atoms with Crippen molar-refractivity contribution in [3.8, 4) is 0 Å². The number of carbonyl (C=O) groups excluding carboxylic acids is 4. The molecule has 4 fully saturated rings. The maximum Gasteiger partial charge on any atom is 0.332 e. The molecule has 204 valence electrons. The summed E-state index contributed by atoms with van der Waals surface area (Å²) in [4.78, 5) is 61.4. The molecule has 7 nitrogen and oxygen atoms in total. The van der Waals surface area contributed by atoms with Gasteiger partial charge in [-0.05, 0) is 61.1 Å². The summed E-state index contributed by atoms with van der Waals surface area (Å²) >= 11 is 3.43. The fraction of sp³-hybridized carbons (Fsp3) is 0.467. The minimum Gasteiger partial charge on any atom is -0.300 e. The number of rotatable bonds is 5. The second-order valence-corrected chi connectivity index (χ2v) is 12.5. The molecule has 0 N–H and O–H groups in total. The van der Waals surface area contributed by atoms with Crippen molar-refractivity contribution in [2.45, 2.75) is 70.0 Å². The molecule has 2 aromatic rings. The lowest BCUT2D eigenvalue weighted by Gasteiger charge is -2.38. The van der Waals surface area contributed by atoms with Crippen LogP contribution in [0.1, 0.15) is 64.0 Å². The van der Waals surface area contributed by atoms with E-state index in [1.54, 1.807) is 36.4 Å². The number of imide groups is 2. The lowest BCUT2D eigenvalue weighted by Crippen LogP contribution is -2.55. The Morgan fingerprint density at radius 1 is 0.974 bits per heavy atom. The molecule has 39 heavy (non-hydrogen) atoms. The number of halogens is 2. The van der Waals surface area contributed by atoms with Crippen molar-refractivity contribution in [1.82, 2.24) is 9.80 Å². The summed E-state index contributed by atoms with van der Waals surface area (Å²) in [6, 6.07) is 11.0. The van der Waals surface area contributed by atoms with Crippen LogP contribution in [-0.4, -0.2) is 45.1 Å². The molecule has 0 radical (unpaired) electrons. The zero-order valence-electron chi connectivity index (χ0n) is 22.0. The summed E-state index contributed by atoms with van der Waals surface area (Å²) in [6.45, 7) is 3.90. The molecule has 1 aliphatic carbocycles. The molecular weight excluding hydrogens is 565 g/mol. The highest BCUT2D eigenvalue weighted by atomic mass is 79.9. The van der Waals surface area contributed by atoms with Gasteiger partial charge in [-0.3, -0.25) is 19.3 Å². The fourth-order valence-corrected chi connectivity index (χ4v) is 7.89. The second kappa shape index (κ2) is 9.54. The number of nitrogens with zero attached hydrogens (tertiary/aromatic N) is 3. The van der Waals surface area contributed by atoms with E-state index in [1.165, 1.54) is 21.9 Å². The smallest absolute Gasteiger partial charge is 0.300 e. The Labute approximate surface area is 235 Å². The molecule has 3 aliphatic heterocycles. The molecule has 3 saturated heterocycles. The van der Waals surface area contributed by atoms with E-state index >= 15 is 0 Å². The number of fused-ring (bicyclic) bond motifs is 3.